The molecular weight excluding hydrogens is 308 g/mol. The fraction of sp³-hybridized carbons (Fsp3) is 0.647. The zero-order valence-corrected chi connectivity index (χ0v) is 14.3. The normalized spacial score (nSPS) is 15.4. The molecule has 0 bridgehead atoms. The van der Waals surface area contributed by atoms with Gasteiger partial charge in [-0.05, 0) is 26.2 Å². The number of aromatic nitrogens is 4. The molecule has 1 saturated carbocycles. The van der Waals surface area contributed by atoms with E-state index in [0.29, 0.717) is 30.0 Å². The molecule has 0 atom stereocenters. The van der Waals surface area contributed by atoms with Gasteiger partial charge in [0.05, 0.1) is 0 Å². The van der Waals surface area contributed by atoms with E-state index >= 15 is 0 Å². The number of H-pyrrole nitrogens is 1. The Labute approximate surface area is 139 Å². The van der Waals surface area contributed by atoms with E-state index in [0.717, 1.165) is 18.7 Å². The van der Waals surface area contributed by atoms with E-state index in [1.54, 1.807) is 0 Å². The molecule has 3 rings (SSSR count). The quantitative estimate of drug-likeness (QED) is 0.875. The van der Waals surface area contributed by atoms with Gasteiger partial charge in [0.15, 0.2) is 5.65 Å². The number of aromatic amines is 1. The molecule has 1 aliphatic carbocycles. The topological polar surface area (TPSA) is 89.8 Å². The summed E-state index contributed by atoms with van der Waals surface area (Å²) in [7, 11) is 0. The van der Waals surface area contributed by atoms with Crippen LogP contribution in [0.4, 0.5) is 0 Å². The van der Waals surface area contributed by atoms with E-state index < -0.39 is 0 Å². The number of imidazole rings is 1. The van der Waals surface area contributed by atoms with Crippen LogP contribution in [0.5, 0.6) is 0 Å². The highest BCUT2D eigenvalue weighted by Gasteiger charge is 2.23. The van der Waals surface area contributed by atoms with Crippen LogP contribution in [-0.4, -0.2) is 24.9 Å². The number of Topliss-reactive ketones (excluding diaryl/α,β-unsaturated/α-hetero) is 1. The molecule has 7 nitrogen and oxygen atoms in total. The molecule has 1 N–H and O–H groups in total. The Kier molecular flexibility index (Phi) is 4.69. The van der Waals surface area contributed by atoms with Crippen molar-refractivity contribution in [1.82, 2.24) is 19.1 Å². The molecule has 0 aromatic carbocycles. The second kappa shape index (κ2) is 6.75. The Morgan fingerprint density at radius 3 is 2.54 bits per heavy atom. The van der Waals surface area contributed by atoms with Crippen LogP contribution < -0.4 is 11.2 Å². The number of aryl methyl sites for hydroxylation is 1. The van der Waals surface area contributed by atoms with Crippen LogP contribution in [-0.2, 0) is 17.9 Å². The molecular formula is C17H24N4O3. The van der Waals surface area contributed by atoms with Gasteiger partial charge in [-0.15, -0.1) is 0 Å². The van der Waals surface area contributed by atoms with Crippen LogP contribution in [0.3, 0.4) is 0 Å². The minimum absolute atomic E-state index is 0.00911. The lowest BCUT2D eigenvalue weighted by atomic mass is 10.1. The molecule has 0 unspecified atom stereocenters. The van der Waals surface area contributed by atoms with Crippen molar-refractivity contribution in [1.29, 1.82) is 0 Å². The first kappa shape index (κ1) is 16.7. The fourth-order valence-electron chi connectivity index (χ4n) is 3.47. The molecule has 2 heterocycles. The molecule has 1 fully saturated rings. The second-order valence-electron chi connectivity index (χ2n) is 6.65. The Morgan fingerprint density at radius 2 is 1.92 bits per heavy atom. The molecule has 0 spiro atoms. The van der Waals surface area contributed by atoms with Crippen LogP contribution in [0.2, 0.25) is 0 Å². The Morgan fingerprint density at radius 1 is 1.21 bits per heavy atom. The monoisotopic (exact) mass is 332 g/mol. The van der Waals surface area contributed by atoms with Crippen LogP contribution >= 0.6 is 0 Å². The predicted molar refractivity (Wildman–Crippen MR) is 91.4 cm³/mol. The SMILES string of the molecule is CCCn1c(=O)c2[nH]c(C3CCCC3)nc2n(CCC(C)=O)c1=O. The maximum Gasteiger partial charge on any atom is 0.332 e. The predicted octanol–water partition coefficient (Wildman–Crippen LogP) is 1.93. The van der Waals surface area contributed by atoms with Crippen molar-refractivity contribution >= 4 is 16.9 Å². The van der Waals surface area contributed by atoms with Crippen LogP contribution in [0.25, 0.3) is 11.2 Å². The lowest BCUT2D eigenvalue weighted by Gasteiger charge is -2.09. The standard InChI is InChI=1S/C17H24N4O3/c1-3-9-21-16(23)13-15(20(17(21)24)10-8-11(2)22)19-14(18-13)12-6-4-5-7-12/h12H,3-10H2,1-2H3,(H,18,19). The number of nitrogens with one attached hydrogen (secondary N) is 1. The van der Waals surface area contributed by atoms with E-state index in [1.807, 2.05) is 6.92 Å². The van der Waals surface area contributed by atoms with Gasteiger partial charge in [-0.2, -0.15) is 0 Å². The summed E-state index contributed by atoms with van der Waals surface area (Å²) < 4.78 is 2.72. The van der Waals surface area contributed by atoms with Gasteiger partial charge in [0, 0.05) is 25.4 Å². The summed E-state index contributed by atoms with van der Waals surface area (Å²) in [5.41, 5.74) is 0.0850. The minimum Gasteiger partial charge on any atom is -0.336 e. The number of ketones is 1. The maximum atomic E-state index is 12.7. The fourth-order valence-corrected chi connectivity index (χ4v) is 3.47. The van der Waals surface area contributed by atoms with Crippen molar-refractivity contribution in [2.45, 2.75) is 71.4 Å². The second-order valence-corrected chi connectivity index (χ2v) is 6.65. The Balaban J connectivity index is 2.18. The summed E-state index contributed by atoms with van der Waals surface area (Å²) >= 11 is 0. The summed E-state index contributed by atoms with van der Waals surface area (Å²) in [6, 6.07) is 0. The van der Waals surface area contributed by atoms with Gasteiger partial charge in [-0.25, -0.2) is 9.78 Å². The van der Waals surface area contributed by atoms with Crippen molar-refractivity contribution in [2.24, 2.45) is 0 Å². The lowest BCUT2D eigenvalue weighted by molar-refractivity contribution is -0.117. The molecule has 2 aromatic heterocycles. The van der Waals surface area contributed by atoms with Crippen LogP contribution in [0, 0.1) is 0 Å². The van der Waals surface area contributed by atoms with Gasteiger partial charge >= 0.3 is 5.69 Å². The number of carbonyl (C=O) groups excluding carboxylic acids is 1. The molecule has 0 saturated heterocycles. The molecule has 130 valence electrons. The third kappa shape index (κ3) is 2.95. The van der Waals surface area contributed by atoms with E-state index in [2.05, 4.69) is 9.97 Å². The van der Waals surface area contributed by atoms with E-state index in [-0.39, 0.29) is 30.0 Å². The Hall–Kier alpha value is -2.18. The van der Waals surface area contributed by atoms with Crippen molar-refractivity contribution in [3.8, 4) is 0 Å². The van der Waals surface area contributed by atoms with E-state index in [1.165, 1.54) is 28.9 Å². The first-order valence-corrected chi connectivity index (χ1v) is 8.75. The van der Waals surface area contributed by atoms with Crippen molar-refractivity contribution in [3.63, 3.8) is 0 Å². The van der Waals surface area contributed by atoms with Crippen molar-refractivity contribution < 1.29 is 4.79 Å². The number of carbonyl (C=O) groups is 1. The van der Waals surface area contributed by atoms with Gasteiger partial charge < -0.3 is 4.98 Å². The summed E-state index contributed by atoms with van der Waals surface area (Å²) in [6.45, 7) is 4.04. The average Bonchev–Trinajstić information content (AvgIpc) is 3.20. The smallest absolute Gasteiger partial charge is 0.332 e. The number of hydrogen-bond donors (Lipinski definition) is 1. The number of hydrogen-bond acceptors (Lipinski definition) is 4. The van der Waals surface area contributed by atoms with Crippen molar-refractivity contribution in [3.05, 3.63) is 26.7 Å². The number of rotatable bonds is 6. The van der Waals surface area contributed by atoms with Gasteiger partial charge in [0.25, 0.3) is 5.56 Å². The zero-order valence-electron chi connectivity index (χ0n) is 14.3. The van der Waals surface area contributed by atoms with Crippen molar-refractivity contribution in [2.75, 3.05) is 0 Å². The molecule has 0 amide bonds. The molecule has 0 radical (unpaired) electrons. The largest absolute Gasteiger partial charge is 0.336 e. The maximum absolute atomic E-state index is 12.7. The summed E-state index contributed by atoms with van der Waals surface area (Å²) in [4.78, 5) is 44.5. The highest BCUT2D eigenvalue weighted by atomic mass is 16.2. The number of fused-ring (bicyclic) bond motifs is 1. The third-order valence-electron chi connectivity index (χ3n) is 4.76. The van der Waals surface area contributed by atoms with Gasteiger partial charge in [0.2, 0.25) is 0 Å². The highest BCUT2D eigenvalue weighted by Crippen LogP contribution is 2.32. The molecule has 2 aromatic rings. The first-order valence-electron chi connectivity index (χ1n) is 8.75. The van der Waals surface area contributed by atoms with Crippen LogP contribution in [0.1, 0.15) is 64.1 Å². The van der Waals surface area contributed by atoms with Gasteiger partial charge in [0.1, 0.15) is 17.1 Å². The molecule has 0 aliphatic heterocycles. The minimum atomic E-state index is -0.375. The zero-order chi connectivity index (χ0) is 17.3. The van der Waals surface area contributed by atoms with E-state index in [9.17, 15) is 14.4 Å². The molecule has 7 heteroatoms. The summed E-state index contributed by atoms with van der Waals surface area (Å²) in [6.07, 6.45) is 5.39. The third-order valence-corrected chi connectivity index (χ3v) is 4.76. The van der Waals surface area contributed by atoms with E-state index in [4.69, 9.17) is 0 Å². The van der Waals surface area contributed by atoms with Gasteiger partial charge in [-0.3, -0.25) is 18.7 Å². The summed E-state index contributed by atoms with van der Waals surface area (Å²) in [5.74, 6) is 1.13. The summed E-state index contributed by atoms with van der Waals surface area (Å²) in [5, 5.41) is 0. The molecule has 24 heavy (non-hydrogen) atoms. The van der Waals surface area contributed by atoms with Gasteiger partial charge in [-0.1, -0.05) is 19.8 Å². The first-order chi connectivity index (χ1) is 11.5. The van der Waals surface area contributed by atoms with Crippen LogP contribution in [0.15, 0.2) is 9.59 Å². The molecule has 1 aliphatic rings. The highest BCUT2D eigenvalue weighted by molar-refractivity contribution is 5.76. The Bertz CT molecular complexity index is 868. The lowest BCUT2D eigenvalue weighted by Crippen LogP contribution is -2.40. The average molecular weight is 332 g/mol. The number of nitrogens with zero attached hydrogens (tertiary/aromatic N) is 3.